The lowest BCUT2D eigenvalue weighted by Crippen LogP contribution is -2.33. The molecule has 2 aromatic carbocycles. The van der Waals surface area contributed by atoms with Gasteiger partial charge < -0.3 is 35.2 Å². The Hall–Kier alpha value is -3.61. The van der Waals surface area contributed by atoms with Gasteiger partial charge in [-0.1, -0.05) is 60.7 Å². The number of nitrogens with one attached hydrogen (secondary N) is 1. The molecule has 0 spiro atoms. The number of benzene rings is 2. The minimum Gasteiger partial charge on any atom is -0.394 e. The van der Waals surface area contributed by atoms with Gasteiger partial charge in [0.05, 0.1) is 12.9 Å². The number of likely N-dealkylation sites (N-methyl/N-ethyl adjacent to an activating group) is 1. The summed E-state index contributed by atoms with van der Waals surface area (Å²) >= 11 is 0. The molecule has 6 rings (SSSR count). The fraction of sp³-hybridized carbons (Fsp3) is 0.433. The first-order valence-corrected chi connectivity index (χ1v) is 14.1. The SMILES string of the molecule is CN(C)[C@H]1CCN(c2nc(NCC(c3ccccc3)c3ccccc3)c3ncn([C@@H]4O[C@H](CO)[C@@H](O)[C@H]4O)c3n2)C1. The van der Waals surface area contributed by atoms with E-state index in [1.165, 1.54) is 11.1 Å². The van der Waals surface area contributed by atoms with Crippen molar-refractivity contribution in [3.8, 4) is 0 Å². The summed E-state index contributed by atoms with van der Waals surface area (Å²) in [5, 5.41) is 34.3. The summed E-state index contributed by atoms with van der Waals surface area (Å²) in [5.74, 6) is 1.22. The van der Waals surface area contributed by atoms with Crippen LogP contribution in [0.1, 0.15) is 29.7 Å². The van der Waals surface area contributed by atoms with E-state index in [-0.39, 0.29) is 5.92 Å². The molecule has 4 N–H and O–H groups in total. The maximum absolute atomic E-state index is 10.8. The molecular formula is C30H37N7O4. The van der Waals surface area contributed by atoms with Crippen LogP contribution in [0.25, 0.3) is 11.2 Å². The zero-order valence-corrected chi connectivity index (χ0v) is 23.3. The third kappa shape index (κ3) is 5.39. The molecule has 2 fully saturated rings. The van der Waals surface area contributed by atoms with Crippen molar-refractivity contribution in [2.75, 3.05) is 50.6 Å². The molecule has 0 aliphatic carbocycles. The maximum Gasteiger partial charge on any atom is 0.229 e. The molecule has 2 aliphatic heterocycles. The average Bonchev–Trinajstić information content (AvgIpc) is 3.73. The summed E-state index contributed by atoms with van der Waals surface area (Å²) < 4.78 is 7.45. The van der Waals surface area contributed by atoms with Gasteiger partial charge in [-0.15, -0.1) is 0 Å². The number of nitrogens with zero attached hydrogens (tertiary/aromatic N) is 6. The van der Waals surface area contributed by atoms with Crippen molar-refractivity contribution >= 4 is 22.9 Å². The van der Waals surface area contributed by atoms with Crippen LogP contribution >= 0.6 is 0 Å². The number of aromatic nitrogens is 4. The summed E-state index contributed by atoms with van der Waals surface area (Å²) in [7, 11) is 4.16. The topological polar surface area (TPSA) is 132 Å². The molecule has 2 aromatic heterocycles. The van der Waals surface area contributed by atoms with E-state index in [2.05, 4.69) is 58.5 Å². The third-order valence-corrected chi connectivity index (χ3v) is 8.25. The number of rotatable bonds is 9. The van der Waals surface area contributed by atoms with Crippen molar-refractivity contribution in [2.45, 2.75) is 42.9 Å². The van der Waals surface area contributed by atoms with E-state index in [1.807, 2.05) is 36.4 Å². The fourth-order valence-corrected chi connectivity index (χ4v) is 5.81. The van der Waals surface area contributed by atoms with Gasteiger partial charge in [0, 0.05) is 31.6 Å². The van der Waals surface area contributed by atoms with E-state index >= 15 is 0 Å². The zero-order chi connectivity index (χ0) is 28.5. The predicted octanol–water partition coefficient (Wildman–Crippen LogP) is 1.82. The van der Waals surface area contributed by atoms with Crippen molar-refractivity contribution in [3.63, 3.8) is 0 Å². The summed E-state index contributed by atoms with van der Waals surface area (Å²) in [6.07, 6.45) is -1.77. The third-order valence-electron chi connectivity index (χ3n) is 8.25. The predicted molar refractivity (Wildman–Crippen MR) is 156 cm³/mol. The van der Waals surface area contributed by atoms with Crippen molar-refractivity contribution in [3.05, 3.63) is 78.1 Å². The van der Waals surface area contributed by atoms with Crippen LogP contribution < -0.4 is 10.2 Å². The molecule has 41 heavy (non-hydrogen) atoms. The number of ether oxygens (including phenoxy) is 1. The van der Waals surface area contributed by atoms with Crippen LogP contribution in [0.3, 0.4) is 0 Å². The number of fused-ring (bicyclic) bond motifs is 1. The minimum absolute atomic E-state index is 0.0679. The van der Waals surface area contributed by atoms with E-state index in [0.29, 0.717) is 35.5 Å². The van der Waals surface area contributed by atoms with Crippen molar-refractivity contribution in [1.82, 2.24) is 24.4 Å². The van der Waals surface area contributed by atoms with E-state index in [0.717, 1.165) is 19.5 Å². The molecule has 2 aliphatic rings. The largest absolute Gasteiger partial charge is 0.394 e. The Labute approximate surface area is 239 Å². The van der Waals surface area contributed by atoms with Gasteiger partial charge in [0.2, 0.25) is 5.95 Å². The highest BCUT2D eigenvalue weighted by atomic mass is 16.6. The van der Waals surface area contributed by atoms with E-state index < -0.39 is 31.1 Å². The van der Waals surface area contributed by atoms with Gasteiger partial charge in [0.1, 0.15) is 18.3 Å². The van der Waals surface area contributed by atoms with E-state index in [1.54, 1.807) is 10.9 Å². The first kappa shape index (κ1) is 27.6. The van der Waals surface area contributed by atoms with Crippen LogP contribution in [0.2, 0.25) is 0 Å². The zero-order valence-electron chi connectivity index (χ0n) is 23.3. The minimum atomic E-state index is -1.25. The van der Waals surface area contributed by atoms with Gasteiger partial charge in [0.15, 0.2) is 23.2 Å². The summed E-state index contributed by atoms with van der Waals surface area (Å²) in [5.41, 5.74) is 3.38. The van der Waals surface area contributed by atoms with Gasteiger partial charge >= 0.3 is 0 Å². The second-order valence-corrected chi connectivity index (χ2v) is 11.0. The van der Waals surface area contributed by atoms with Gasteiger partial charge in [-0.05, 0) is 31.6 Å². The highest BCUT2D eigenvalue weighted by Crippen LogP contribution is 2.34. The van der Waals surface area contributed by atoms with Gasteiger partial charge in [-0.2, -0.15) is 9.97 Å². The van der Waals surface area contributed by atoms with E-state index in [4.69, 9.17) is 14.7 Å². The number of aliphatic hydroxyl groups is 3. The molecule has 11 heteroatoms. The number of hydrogen-bond acceptors (Lipinski definition) is 10. The lowest BCUT2D eigenvalue weighted by molar-refractivity contribution is -0.0511. The molecule has 0 amide bonds. The van der Waals surface area contributed by atoms with Crippen LogP contribution in [0.4, 0.5) is 11.8 Å². The van der Waals surface area contributed by atoms with Crippen LogP contribution in [-0.4, -0.2) is 104 Å². The highest BCUT2D eigenvalue weighted by molar-refractivity contribution is 5.84. The standard InChI is InChI=1S/C30H37N7O4/c1-35(2)21-13-14-36(16-21)30-33-27(31-15-22(19-9-5-3-6-10-19)20-11-7-4-8-12-20)24-28(34-30)37(18-32-24)29-26(40)25(39)23(17-38)41-29/h3-12,18,21-23,25-26,29,38-40H,13-17H2,1-2H3,(H,31,33,34)/t21-,23+,25+,26+,29+/m0/s1. The Morgan fingerprint density at radius 3 is 2.27 bits per heavy atom. The number of anilines is 2. The highest BCUT2D eigenvalue weighted by Gasteiger charge is 2.44. The maximum atomic E-state index is 10.8. The Morgan fingerprint density at radius 2 is 1.68 bits per heavy atom. The molecule has 0 saturated carbocycles. The second-order valence-electron chi connectivity index (χ2n) is 11.0. The first-order valence-electron chi connectivity index (χ1n) is 14.1. The van der Waals surface area contributed by atoms with Gasteiger partial charge in [-0.3, -0.25) is 4.57 Å². The van der Waals surface area contributed by atoms with Crippen LogP contribution in [-0.2, 0) is 4.74 Å². The molecular weight excluding hydrogens is 522 g/mol. The van der Waals surface area contributed by atoms with Crippen molar-refractivity contribution < 1.29 is 20.1 Å². The molecule has 4 aromatic rings. The van der Waals surface area contributed by atoms with E-state index in [9.17, 15) is 15.3 Å². The molecule has 11 nitrogen and oxygen atoms in total. The van der Waals surface area contributed by atoms with Crippen LogP contribution in [0, 0.1) is 0 Å². The molecule has 216 valence electrons. The Balaban J connectivity index is 1.38. The Kier molecular flexibility index (Phi) is 7.87. The van der Waals surface area contributed by atoms with Crippen LogP contribution in [0.15, 0.2) is 67.0 Å². The van der Waals surface area contributed by atoms with Crippen LogP contribution in [0.5, 0.6) is 0 Å². The fourth-order valence-electron chi connectivity index (χ4n) is 5.81. The lowest BCUT2D eigenvalue weighted by atomic mass is 9.91. The van der Waals surface area contributed by atoms with Gasteiger partial charge in [0.25, 0.3) is 0 Å². The average molecular weight is 560 g/mol. The number of aliphatic hydroxyl groups excluding tert-OH is 3. The molecule has 4 heterocycles. The number of hydrogen-bond donors (Lipinski definition) is 4. The summed E-state index contributed by atoms with van der Waals surface area (Å²) in [6.45, 7) is 1.76. The molecule has 5 atom stereocenters. The number of imidazole rings is 1. The first-order chi connectivity index (χ1) is 19.9. The second kappa shape index (κ2) is 11.7. The quantitative estimate of drug-likeness (QED) is 0.241. The summed E-state index contributed by atoms with van der Waals surface area (Å²) in [6, 6.07) is 21.1. The smallest absolute Gasteiger partial charge is 0.229 e. The Bertz CT molecular complexity index is 1410. The monoisotopic (exact) mass is 559 g/mol. The van der Waals surface area contributed by atoms with Crippen molar-refractivity contribution in [1.29, 1.82) is 0 Å². The molecule has 0 bridgehead atoms. The molecule has 0 radical (unpaired) electrons. The summed E-state index contributed by atoms with van der Waals surface area (Å²) in [4.78, 5) is 18.8. The van der Waals surface area contributed by atoms with Gasteiger partial charge in [-0.25, -0.2) is 4.98 Å². The molecule has 2 saturated heterocycles. The Morgan fingerprint density at radius 1 is 1.00 bits per heavy atom. The lowest BCUT2D eigenvalue weighted by Gasteiger charge is -2.23. The van der Waals surface area contributed by atoms with Crippen molar-refractivity contribution in [2.24, 2.45) is 0 Å². The molecule has 0 unspecified atom stereocenters. The normalized spacial score (nSPS) is 24.7.